The number of aliphatic imine (C=N–C) groups is 1. The number of aromatic nitrogens is 1. The molecule has 2 heterocycles. The molecule has 3 rings (SSSR count). The van der Waals surface area contributed by atoms with Crippen LogP contribution >= 0.6 is 0 Å². The van der Waals surface area contributed by atoms with Crippen LogP contribution in [-0.2, 0) is 11.0 Å². The average molecular weight is 320 g/mol. The van der Waals surface area contributed by atoms with Gasteiger partial charge in [0.15, 0.2) is 0 Å². The summed E-state index contributed by atoms with van der Waals surface area (Å²) in [6.07, 6.45) is -1.65. The monoisotopic (exact) mass is 320 g/mol. The molecule has 0 atom stereocenters. The third kappa shape index (κ3) is 3.15. The minimum absolute atomic E-state index is 0.0593. The van der Waals surface area contributed by atoms with E-state index in [1.165, 1.54) is 36.7 Å². The van der Waals surface area contributed by atoms with Gasteiger partial charge in [0.05, 0.1) is 5.56 Å². The molecular formula is C15H11F3N4O. The minimum Gasteiger partial charge on any atom is -0.282 e. The van der Waals surface area contributed by atoms with E-state index in [1.807, 2.05) is 0 Å². The number of carbonyl (C=O) groups excluding carboxylic acids is 1. The van der Waals surface area contributed by atoms with Gasteiger partial charge in [-0.25, -0.2) is 0 Å². The smallest absolute Gasteiger partial charge is 0.282 e. The first kappa shape index (κ1) is 15.0. The lowest BCUT2D eigenvalue weighted by atomic mass is 9.97. The number of alkyl halides is 3. The van der Waals surface area contributed by atoms with Crippen molar-refractivity contribution in [3.63, 3.8) is 0 Å². The number of halogens is 3. The summed E-state index contributed by atoms with van der Waals surface area (Å²) in [5.41, 5.74) is 4.77. The Morgan fingerprint density at radius 1 is 1.00 bits per heavy atom. The molecule has 0 saturated heterocycles. The number of nitrogens with zero attached hydrogens (tertiary/aromatic N) is 2. The first-order valence-electron chi connectivity index (χ1n) is 6.66. The molecule has 0 bridgehead atoms. The number of benzene rings is 1. The zero-order valence-electron chi connectivity index (χ0n) is 11.7. The van der Waals surface area contributed by atoms with Crippen LogP contribution in [0.5, 0.6) is 0 Å². The van der Waals surface area contributed by atoms with Crippen molar-refractivity contribution in [2.75, 3.05) is 6.54 Å². The van der Waals surface area contributed by atoms with Crippen LogP contribution in [0.3, 0.4) is 0 Å². The van der Waals surface area contributed by atoms with Gasteiger partial charge in [0, 0.05) is 18.0 Å². The molecule has 0 fully saturated rings. The van der Waals surface area contributed by atoms with Gasteiger partial charge < -0.3 is 0 Å². The lowest BCUT2D eigenvalue weighted by Crippen LogP contribution is -2.47. The summed E-state index contributed by atoms with van der Waals surface area (Å²) in [6, 6.07) is 6.95. The number of hydrogen-bond donors (Lipinski definition) is 2. The maximum absolute atomic E-state index is 13.4. The molecule has 0 aliphatic carbocycles. The van der Waals surface area contributed by atoms with Gasteiger partial charge in [-0.3, -0.25) is 25.6 Å². The van der Waals surface area contributed by atoms with Crippen molar-refractivity contribution in [2.45, 2.75) is 6.18 Å². The average Bonchev–Trinajstić information content (AvgIpc) is 2.55. The highest BCUT2D eigenvalue weighted by Gasteiger charge is 2.34. The number of carbonyl (C=O) groups is 1. The van der Waals surface area contributed by atoms with E-state index in [4.69, 9.17) is 0 Å². The topological polar surface area (TPSA) is 66.4 Å². The number of pyridine rings is 1. The van der Waals surface area contributed by atoms with Gasteiger partial charge in [0.2, 0.25) is 0 Å². The molecule has 118 valence electrons. The van der Waals surface area contributed by atoms with Crippen molar-refractivity contribution in [1.29, 1.82) is 0 Å². The van der Waals surface area contributed by atoms with Crippen LogP contribution in [0.1, 0.15) is 11.1 Å². The van der Waals surface area contributed by atoms with E-state index in [9.17, 15) is 18.0 Å². The van der Waals surface area contributed by atoms with Gasteiger partial charge in [-0.2, -0.15) is 13.2 Å². The molecule has 2 aromatic rings. The number of amidine groups is 1. The number of nitrogens with one attached hydrogen (secondary N) is 2. The Kier molecular flexibility index (Phi) is 3.73. The molecule has 8 heteroatoms. The highest BCUT2D eigenvalue weighted by Crippen LogP contribution is 2.37. The maximum Gasteiger partial charge on any atom is 0.417 e. The third-order valence-electron chi connectivity index (χ3n) is 3.29. The van der Waals surface area contributed by atoms with Crippen LogP contribution in [0.4, 0.5) is 13.2 Å². The van der Waals surface area contributed by atoms with E-state index in [2.05, 4.69) is 20.8 Å². The van der Waals surface area contributed by atoms with Gasteiger partial charge in [-0.05, 0) is 29.3 Å². The molecule has 1 aliphatic rings. The molecule has 5 nitrogen and oxygen atoms in total. The van der Waals surface area contributed by atoms with E-state index >= 15 is 0 Å². The lowest BCUT2D eigenvalue weighted by molar-refractivity contribution is -0.137. The largest absolute Gasteiger partial charge is 0.417 e. The fourth-order valence-electron chi connectivity index (χ4n) is 2.23. The molecule has 0 saturated carbocycles. The number of amides is 1. The van der Waals surface area contributed by atoms with Crippen LogP contribution in [0, 0.1) is 0 Å². The molecule has 1 aromatic heterocycles. The predicted molar refractivity (Wildman–Crippen MR) is 77.4 cm³/mol. The molecule has 0 radical (unpaired) electrons. The minimum atomic E-state index is -4.52. The van der Waals surface area contributed by atoms with Gasteiger partial charge in [-0.1, -0.05) is 12.1 Å². The summed E-state index contributed by atoms with van der Waals surface area (Å²) in [4.78, 5) is 18.8. The van der Waals surface area contributed by atoms with Crippen molar-refractivity contribution in [3.05, 3.63) is 53.9 Å². The molecule has 1 aliphatic heterocycles. The fourth-order valence-corrected chi connectivity index (χ4v) is 2.23. The Balaban J connectivity index is 2.08. The Bertz CT molecular complexity index is 772. The van der Waals surface area contributed by atoms with E-state index in [-0.39, 0.29) is 29.4 Å². The van der Waals surface area contributed by atoms with Crippen LogP contribution in [0.2, 0.25) is 0 Å². The molecular weight excluding hydrogens is 309 g/mol. The normalized spacial score (nSPS) is 14.7. The summed E-state index contributed by atoms with van der Waals surface area (Å²) in [6.45, 7) is -0.129. The van der Waals surface area contributed by atoms with Crippen molar-refractivity contribution < 1.29 is 18.0 Å². The first-order chi connectivity index (χ1) is 10.9. The van der Waals surface area contributed by atoms with Crippen molar-refractivity contribution in [2.24, 2.45) is 4.99 Å². The number of hydrogen-bond acceptors (Lipinski definition) is 4. The van der Waals surface area contributed by atoms with Crippen molar-refractivity contribution >= 4 is 11.7 Å². The summed E-state index contributed by atoms with van der Waals surface area (Å²) in [5, 5.41) is 0. The Morgan fingerprint density at radius 3 is 2.35 bits per heavy atom. The summed E-state index contributed by atoms with van der Waals surface area (Å²) in [5.74, 6) is -0.158. The quantitative estimate of drug-likeness (QED) is 0.891. The van der Waals surface area contributed by atoms with E-state index in [0.29, 0.717) is 5.56 Å². The molecule has 0 unspecified atom stereocenters. The standard InChI is InChI=1S/C15H11F3N4O/c16-15(17,18)12-7-10(14-20-8-13(23)21-22-14)1-2-11(12)9-3-5-19-6-4-9/h1-7H,8H2,(H,20,22)(H,21,23). The fraction of sp³-hybridized carbons (Fsp3) is 0.133. The van der Waals surface area contributed by atoms with Gasteiger partial charge >= 0.3 is 6.18 Å². The van der Waals surface area contributed by atoms with E-state index in [1.54, 1.807) is 0 Å². The molecule has 2 N–H and O–H groups in total. The lowest BCUT2D eigenvalue weighted by Gasteiger charge is -2.18. The maximum atomic E-state index is 13.4. The van der Waals surface area contributed by atoms with Crippen molar-refractivity contribution in [1.82, 2.24) is 15.8 Å². The van der Waals surface area contributed by atoms with Crippen molar-refractivity contribution in [3.8, 4) is 11.1 Å². The second-order valence-electron chi connectivity index (χ2n) is 4.83. The van der Waals surface area contributed by atoms with Gasteiger partial charge in [0.25, 0.3) is 5.91 Å². The van der Waals surface area contributed by atoms with Crippen LogP contribution in [0.15, 0.2) is 47.7 Å². The number of rotatable bonds is 2. The molecule has 0 spiro atoms. The third-order valence-corrected chi connectivity index (χ3v) is 3.29. The molecule has 1 aromatic carbocycles. The Morgan fingerprint density at radius 2 is 1.74 bits per heavy atom. The number of hydrazine groups is 1. The van der Waals surface area contributed by atoms with Crippen LogP contribution < -0.4 is 10.9 Å². The SMILES string of the molecule is O=C1CN=C(c2ccc(-c3ccncc3)c(C(F)(F)F)c2)NN1. The van der Waals surface area contributed by atoms with Crippen LogP contribution in [0.25, 0.3) is 11.1 Å². The molecule has 1 amide bonds. The second-order valence-corrected chi connectivity index (χ2v) is 4.83. The van der Waals surface area contributed by atoms with Crippen LogP contribution in [-0.4, -0.2) is 23.3 Å². The van der Waals surface area contributed by atoms with E-state index < -0.39 is 11.7 Å². The molecule has 23 heavy (non-hydrogen) atoms. The van der Waals surface area contributed by atoms with Gasteiger partial charge in [0.1, 0.15) is 12.4 Å². The highest BCUT2D eigenvalue weighted by atomic mass is 19.4. The Hall–Kier alpha value is -2.90. The summed E-state index contributed by atoms with van der Waals surface area (Å²) < 4.78 is 40.2. The summed E-state index contributed by atoms with van der Waals surface area (Å²) in [7, 11) is 0. The van der Waals surface area contributed by atoms with E-state index in [0.717, 1.165) is 6.07 Å². The first-order valence-corrected chi connectivity index (χ1v) is 6.66. The highest BCUT2D eigenvalue weighted by molar-refractivity contribution is 6.03. The second kappa shape index (κ2) is 5.71. The summed E-state index contributed by atoms with van der Waals surface area (Å²) >= 11 is 0. The zero-order valence-corrected chi connectivity index (χ0v) is 11.7. The zero-order chi connectivity index (χ0) is 16.4. The predicted octanol–water partition coefficient (Wildman–Crippen LogP) is 2.15. The van der Waals surface area contributed by atoms with Gasteiger partial charge in [-0.15, -0.1) is 0 Å². The Labute approximate surface area is 129 Å².